The number of nitrogens with zero attached hydrogens (tertiary/aromatic N) is 2. The topological polar surface area (TPSA) is 98.9 Å². The number of hydrogen-bond acceptors (Lipinski definition) is 8. The number of esters is 1. The van der Waals surface area contributed by atoms with E-state index >= 15 is 0 Å². The van der Waals surface area contributed by atoms with Crippen LogP contribution in [0.4, 0.5) is 5.13 Å². The van der Waals surface area contributed by atoms with Crippen molar-refractivity contribution in [1.29, 1.82) is 0 Å². The number of aryl methyl sites for hydroxylation is 1. The Kier molecular flexibility index (Phi) is 5.38. The molecule has 2 aromatic carbocycles. The highest BCUT2D eigenvalue weighted by Gasteiger charge is 2.45. The molecule has 4 aromatic rings. The Morgan fingerprint density at radius 3 is 2.71 bits per heavy atom. The van der Waals surface area contributed by atoms with Crippen LogP contribution in [0.15, 0.2) is 51.7 Å². The molecule has 0 saturated heterocycles. The summed E-state index contributed by atoms with van der Waals surface area (Å²) in [6.45, 7) is 1.65. The van der Waals surface area contributed by atoms with Crippen LogP contribution in [0.3, 0.4) is 0 Å². The Bertz CT molecular complexity index is 1540. The summed E-state index contributed by atoms with van der Waals surface area (Å²) in [7, 11) is 2.80. The van der Waals surface area contributed by atoms with Gasteiger partial charge in [-0.3, -0.25) is 14.5 Å². The number of methoxy groups -OCH3 is 2. The van der Waals surface area contributed by atoms with E-state index in [0.717, 1.165) is 11.3 Å². The highest BCUT2D eigenvalue weighted by molar-refractivity contribution is 7.17. The molecule has 0 radical (unpaired) electrons. The van der Waals surface area contributed by atoms with Crippen molar-refractivity contribution in [2.24, 2.45) is 0 Å². The molecule has 1 aliphatic heterocycles. The maximum Gasteiger partial charge on any atom is 0.350 e. The number of benzene rings is 2. The Morgan fingerprint density at radius 2 is 1.97 bits per heavy atom. The van der Waals surface area contributed by atoms with Gasteiger partial charge >= 0.3 is 5.97 Å². The van der Waals surface area contributed by atoms with Gasteiger partial charge in [0.15, 0.2) is 10.6 Å². The van der Waals surface area contributed by atoms with Crippen LogP contribution >= 0.6 is 22.9 Å². The number of halogens is 1. The van der Waals surface area contributed by atoms with Crippen molar-refractivity contribution in [2.45, 2.75) is 13.0 Å². The molecule has 1 aliphatic rings. The molecular formula is C24H17ClN2O6S. The van der Waals surface area contributed by atoms with Crippen LogP contribution in [0.2, 0.25) is 5.02 Å². The second-order valence-corrected chi connectivity index (χ2v) is 8.99. The van der Waals surface area contributed by atoms with Crippen molar-refractivity contribution in [1.82, 2.24) is 4.98 Å². The lowest BCUT2D eigenvalue weighted by molar-refractivity contribution is 0.0605. The zero-order valence-corrected chi connectivity index (χ0v) is 19.8. The van der Waals surface area contributed by atoms with Gasteiger partial charge in [-0.1, -0.05) is 35.1 Å². The zero-order valence-electron chi connectivity index (χ0n) is 18.2. The SMILES string of the molecule is COC(=O)c1sc(N2C(=O)c3oc4ccc(Cl)cc4c(=O)c3C2c2cccc(OC)c2)nc1C. The van der Waals surface area contributed by atoms with Crippen molar-refractivity contribution in [3.05, 3.63) is 85.2 Å². The Balaban J connectivity index is 1.79. The van der Waals surface area contributed by atoms with E-state index in [1.807, 2.05) is 0 Å². The van der Waals surface area contributed by atoms with Crippen LogP contribution in [0.5, 0.6) is 5.75 Å². The number of hydrogen-bond donors (Lipinski definition) is 0. The summed E-state index contributed by atoms with van der Waals surface area (Å²) < 4.78 is 16.1. The molecule has 3 heterocycles. The average Bonchev–Trinajstić information content (AvgIpc) is 3.36. The van der Waals surface area contributed by atoms with Crippen LogP contribution in [0.25, 0.3) is 11.0 Å². The predicted octanol–water partition coefficient (Wildman–Crippen LogP) is 4.76. The van der Waals surface area contributed by atoms with E-state index in [1.54, 1.807) is 43.3 Å². The molecule has 10 heteroatoms. The van der Waals surface area contributed by atoms with Crippen molar-refractivity contribution < 1.29 is 23.5 Å². The normalized spacial score (nSPS) is 15.0. The summed E-state index contributed by atoms with van der Waals surface area (Å²) in [6.07, 6.45) is 0. The third kappa shape index (κ3) is 3.36. The molecule has 8 nitrogen and oxygen atoms in total. The maximum atomic E-state index is 13.6. The molecule has 172 valence electrons. The predicted molar refractivity (Wildman–Crippen MR) is 127 cm³/mol. The van der Waals surface area contributed by atoms with E-state index in [0.29, 0.717) is 22.0 Å². The first-order valence-electron chi connectivity index (χ1n) is 10.1. The summed E-state index contributed by atoms with van der Waals surface area (Å²) >= 11 is 7.13. The summed E-state index contributed by atoms with van der Waals surface area (Å²) in [4.78, 5) is 45.6. The molecule has 1 amide bonds. The first-order chi connectivity index (χ1) is 16.3. The van der Waals surface area contributed by atoms with Gasteiger partial charge in [0.1, 0.15) is 16.2 Å². The average molecular weight is 497 g/mol. The minimum atomic E-state index is -0.853. The summed E-state index contributed by atoms with van der Waals surface area (Å²) in [5, 5.41) is 0.875. The van der Waals surface area contributed by atoms with E-state index in [4.69, 9.17) is 25.5 Å². The minimum Gasteiger partial charge on any atom is -0.497 e. The quantitative estimate of drug-likeness (QED) is 0.376. The number of rotatable bonds is 4. The maximum absolute atomic E-state index is 13.6. The molecule has 0 N–H and O–H groups in total. The van der Waals surface area contributed by atoms with Gasteiger partial charge in [0.2, 0.25) is 5.76 Å². The van der Waals surface area contributed by atoms with Gasteiger partial charge in [0.25, 0.3) is 5.91 Å². The molecule has 5 rings (SSSR count). The fourth-order valence-electron chi connectivity index (χ4n) is 4.04. The van der Waals surface area contributed by atoms with Gasteiger partial charge in [-0.15, -0.1) is 0 Å². The molecule has 2 aromatic heterocycles. The minimum absolute atomic E-state index is 0.0832. The van der Waals surface area contributed by atoms with E-state index < -0.39 is 17.9 Å². The fraction of sp³-hybridized carbons (Fsp3) is 0.167. The number of carbonyl (C=O) groups is 2. The Hall–Kier alpha value is -3.69. The number of ether oxygens (including phenoxy) is 2. The van der Waals surface area contributed by atoms with E-state index in [-0.39, 0.29) is 37.7 Å². The van der Waals surface area contributed by atoms with Crippen LogP contribution in [-0.4, -0.2) is 31.1 Å². The molecule has 0 spiro atoms. The van der Waals surface area contributed by atoms with Crippen molar-refractivity contribution in [3.63, 3.8) is 0 Å². The summed E-state index contributed by atoms with van der Waals surface area (Å²) in [5.41, 5.74) is 1.08. The van der Waals surface area contributed by atoms with Gasteiger partial charge in [0.05, 0.1) is 36.9 Å². The summed E-state index contributed by atoms with van der Waals surface area (Å²) in [6, 6.07) is 10.9. The second-order valence-electron chi connectivity index (χ2n) is 7.57. The molecule has 34 heavy (non-hydrogen) atoms. The number of thiazole rings is 1. The molecule has 0 saturated carbocycles. The fourth-order valence-corrected chi connectivity index (χ4v) is 5.22. The second kappa shape index (κ2) is 8.27. The van der Waals surface area contributed by atoms with Gasteiger partial charge < -0.3 is 13.9 Å². The zero-order chi connectivity index (χ0) is 24.1. The first-order valence-corrected chi connectivity index (χ1v) is 11.3. The number of anilines is 1. The van der Waals surface area contributed by atoms with Crippen LogP contribution in [0.1, 0.15) is 43.1 Å². The third-order valence-electron chi connectivity index (χ3n) is 5.60. The summed E-state index contributed by atoms with van der Waals surface area (Å²) in [5.74, 6) is -0.628. The third-order valence-corrected chi connectivity index (χ3v) is 6.98. The molecule has 0 fully saturated rings. The lowest BCUT2D eigenvalue weighted by Crippen LogP contribution is -2.29. The smallest absolute Gasteiger partial charge is 0.350 e. The first kappa shape index (κ1) is 22.1. The molecular weight excluding hydrogens is 480 g/mol. The molecule has 1 unspecified atom stereocenters. The Labute approximate surface area is 202 Å². The van der Waals surface area contributed by atoms with Crippen molar-refractivity contribution >= 4 is 50.9 Å². The van der Waals surface area contributed by atoms with Gasteiger partial charge in [-0.05, 0) is 42.8 Å². The van der Waals surface area contributed by atoms with Crippen LogP contribution < -0.4 is 15.1 Å². The van der Waals surface area contributed by atoms with Crippen LogP contribution in [0, 0.1) is 6.92 Å². The lowest BCUT2D eigenvalue weighted by Gasteiger charge is -2.22. The van der Waals surface area contributed by atoms with E-state index in [2.05, 4.69) is 4.98 Å². The molecule has 0 bridgehead atoms. The Morgan fingerprint density at radius 1 is 1.18 bits per heavy atom. The van der Waals surface area contributed by atoms with Crippen molar-refractivity contribution in [3.8, 4) is 5.75 Å². The van der Waals surface area contributed by atoms with Crippen molar-refractivity contribution in [2.75, 3.05) is 19.1 Å². The van der Waals surface area contributed by atoms with Crippen LogP contribution in [-0.2, 0) is 4.74 Å². The standard InChI is InChI=1S/C24H17ClN2O6S/c1-11-21(23(30)32-3)34-24(26-11)27-18(12-5-4-6-14(9-12)31-2)17-19(28)15-10-13(25)7-8-16(15)33-20(17)22(27)29/h4-10,18H,1-3H3. The monoisotopic (exact) mass is 496 g/mol. The number of carbonyl (C=O) groups excluding carboxylic acids is 2. The van der Waals surface area contributed by atoms with E-state index in [1.165, 1.54) is 25.2 Å². The lowest BCUT2D eigenvalue weighted by atomic mass is 9.98. The van der Waals surface area contributed by atoms with Gasteiger partial charge in [0, 0.05) is 5.02 Å². The largest absolute Gasteiger partial charge is 0.497 e. The van der Waals surface area contributed by atoms with Gasteiger partial charge in [-0.2, -0.15) is 0 Å². The van der Waals surface area contributed by atoms with Gasteiger partial charge in [-0.25, -0.2) is 9.78 Å². The molecule has 1 atom stereocenters. The highest BCUT2D eigenvalue weighted by atomic mass is 35.5. The van der Waals surface area contributed by atoms with E-state index in [9.17, 15) is 14.4 Å². The number of fused-ring (bicyclic) bond motifs is 2. The molecule has 0 aliphatic carbocycles. The number of amides is 1. The number of aromatic nitrogens is 1. The highest BCUT2D eigenvalue weighted by Crippen LogP contribution is 2.43.